The van der Waals surface area contributed by atoms with Crippen molar-refractivity contribution in [3.63, 3.8) is 0 Å². The first-order chi connectivity index (χ1) is 16.7. The van der Waals surface area contributed by atoms with Crippen LogP contribution in [0.1, 0.15) is 20.7 Å². The summed E-state index contributed by atoms with van der Waals surface area (Å²) >= 11 is 0. The highest BCUT2D eigenvalue weighted by atomic mass is 16.1. The number of hydrogen-bond acceptors (Lipinski definition) is 2. The van der Waals surface area contributed by atoms with Crippen molar-refractivity contribution in [1.82, 2.24) is 9.97 Å². The quantitative estimate of drug-likeness (QED) is 0.380. The van der Waals surface area contributed by atoms with Crippen LogP contribution in [0.2, 0.25) is 0 Å². The maximum atomic E-state index is 13.0. The van der Waals surface area contributed by atoms with Crippen molar-refractivity contribution in [1.29, 1.82) is 0 Å². The molecule has 0 atom stereocenters. The molecule has 0 aliphatic carbocycles. The number of rotatable bonds is 4. The topological polar surface area (TPSA) is 65.7 Å². The first-order valence-corrected chi connectivity index (χ1v) is 11.0. The Morgan fingerprint density at radius 1 is 0.471 bits per heavy atom. The summed E-state index contributed by atoms with van der Waals surface area (Å²) in [5, 5.41) is 3.02. The Morgan fingerprint density at radius 3 is 1.24 bits per heavy atom. The maximum Gasteiger partial charge on any atom is 0.187 e. The van der Waals surface area contributed by atoms with Crippen molar-refractivity contribution >= 4 is 45.5 Å². The van der Waals surface area contributed by atoms with E-state index < -0.39 is 0 Å². The molecular formula is C30H22N2O2. The molecule has 0 spiro atoms. The number of carbonyl (C=O) groups is 2. The molecule has 0 saturated carbocycles. The van der Waals surface area contributed by atoms with Crippen molar-refractivity contribution in [3.05, 3.63) is 131 Å². The Morgan fingerprint density at radius 2 is 0.824 bits per heavy atom. The highest BCUT2D eigenvalue weighted by Gasteiger charge is 2.05. The van der Waals surface area contributed by atoms with E-state index in [1.54, 1.807) is 36.4 Å². The smallest absolute Gasteiger partial charge is 0.187 e. The number of H-pyrrole nitrogens is 2. The predicted molar refractivity (Wildman–Crippen MR) is 138 cm³/mol. The molecule has 5 aromatic rings. The van der Waals surface area contributed by atoms with Crippen LogP contribution in [0.3, 0.4) is 0 Å². The van der Waals surface area contributed by atoms with E-state index in [0.29, 0.717) is 21.8 Å². The second-order valence-corrected chi connectivity index (χ2v) is 7.92. The molecule has 0 radical (unpaired) electrons. The lowest BCUT2D eigenvalue weighted by atomic mass is 10.1. The van der Waals surface area contributed by atoms with Gasteiger partial charge in [0.05, 0.1) is 10.7 Å². The largest absolute Gasteiger partial charge is 0.354 e. The van der Waals surface area contributed by atoms with Crippen molar-refractivity contribution in [2.24, 2.45) is 0 Å². The Balaban J connectivity index is 1.83. The van der Waals surface area contributed by atoms with Crippen LogP contribution in [-0.4, -0.2) is 21.5 Å². The Bertz CT molecular complexity index is 1550. The van der Waals surface area contributed by atoms with Gasteiger partial charge in [-0.2, -0.15) is 0 Å². The molecule has 34 heavy (non-hydrogen) atoms. The van der Waals surface area contributed by atoms with Gasteiger partial charge in [0.25, 0.3) is 0 Å². The molecule has 1 aromatic heterocycles. The summed E-state index contributed by atoms with van der Waals surface area (Å²) in [6.07, 6.45) is 3.24. The molecule has 4 nitrogen and oxygen atoms in total. The average Bonchev–Trinajstić information content (AvgIpc) is 2.88. The van der Waals surface area contributed by atoms with Crippen LogP contribution in [0.15, 0.2) is 109 Å². The molecule has 0 saturated heterocycles. The van der Waals surface area contributed by atoms with Gasteiger partial charge in [0.15, 0.2) is 11.6 Å². The molecule has 0 aliphatic rings. The van der Waals surface area contributed by atoms with Crippen LogP contribution in [0.5, 0.6) is 0 Å². The predicted octanol–water partition coefficient (Wildman–Crippen LogP) is 5.10. The van der Waals surface area contributed by atoms with Gasteiger partial charge in [0.1, 0.15) is 0 Å². The van der Waals surface area contributed by atoms with Crippen molar-refractivity contribution in [3.8, 4) is 0 Å². The minimum Gasteiger partial charge on any atom is -0.354 e. The van der Waals surface area contributed by atoms with E-state index in [4.69, 9.17) is 0 Å². The molecular weight excluding hydrogens is 420 g/mol. The lowest BCUT2D eigenvalue weighted by Crippen LogP contribution is -2.16. The van der Waals surface area contributed by atoms with E-state index >= 15 is 0 Å². The number of ketones is 2. The summed E-state index contributed by atoms with van der Waals surface area (Å²) in [6.45, 7) is 0. The molecule has 0 bridgehead atoms. The number of carbonyl (C=O) groups excluding carboxylic acids is 2. The summed E-state index contributed by atoms with van der Waals surface area (Å²) < 4.78 is 0. The van der Waals surface area contributed by atoms with Crippen LogP contribution in [0.25, 0.3) is 34.0 Å². The van der Waals surface area contributed by atoms with Gasteiger partial charge in [0, 0.05) is 45.1 Å². The van der Waals surface area contributed by atoms with E-state index in [0.717, 1.165) is 21.8 Å². The van der Waals surface area contributed by atoms with Crippen LogP contribution in [0.4, 0.5) is 0 Å². The fourth-order valence-electron chi connectivity index (χ4n) is 3.94. The normalized spacial score (nSPS) is 12.1. The van der Waals surface area contributed by atoms with Gasteiger partial charge < -0.3 is 9.97 Å². The first-order valence-electron chi connectivity index (χ1n) is 11.0. The molecule has 0 unspecified atom stereocenters. The van der Waals surface area contributed by atoms with Crippen molar-refractivity contribution in [2.45, 2.75) is 0 Å². The SMILES string of the molecule is O=C(/C=c1/[nH]c2ccccc2/c(=C\C(=O)c2ccccc2)[nH]c2ccccc12)c1ccccc1. The third-order valence-corrected chi connectivity index (χ3v) is 5.64. The third kappa shape index (κ3) is 4.43. The Kier molecular flexibility index (Phi) is 5.87. The van der Waals surface area contributed by atoms with Crippen molar-refractivity contribution < 1.29 is 9.59 Å². The number of fused-ring (bicyclic) bond motifs is 2. The number of Topliss-reactive ketones (excluding diaryl/α,β-unsaturated/α-hetero) is 2. The zero-order chi connectivity index (χ0) is 23.3. The molecule has 4 heteroatoms. The van der Waals surface area contributed by atoms with Gasteiger partial charge in [-0.15, -0.1) is 0 Å². The number of aromatic nitrogens is 2. The number of nitrogens with one attached hydrogen (secondary N) is 2. The Hall–Kier alpha value is -4.70. The number of hydrogen-bond donors (Lipinski definition) is 2. The van der Waals surface area contributed by atoms with Crippen LogP contribution in [0, 0.1) is 0 Å². The van der Waals surface area contributed by atoms with E-state index in [-0.39, 0.29) is 11.6 Å². The number of benzene rings is 4. The highest BCUT2D eigenvalue weighted by molar-refractivity contribution is 6.18. The summed E-state index contributed by atoms with van der Waals surface area (Å²) in [5.41, 5.74) is 2.82. The summed E-state index contributed by atoms with van der Waals surface area (Å²) in [7, 11) is 0. The summed E-state index contributed by atoms with van der Waals surface area (Å²) in [4.78, 5) is 32.9. The second kappa shape index (κ2) is 9.43. The lowest BCUT2D eigenvalue weighted by molar-refractivity contribution is 0.105. The molecule has 4 aromatic carbocycles. The minimum atomic E-state index is -0.0917. The minimum absolute atomic E-state index is 0.0917. The number of para-hydroxylation sites is 2. The monoisotopic (exact) mass is 442 g/mol. The molecule has 164 valence electrons. The van der Waals surface area contributed by atoms with E-state index in [1.807, 2.05) is 84.9 Å². The van der Waals surface area contributed by atoms with Gasteiger partial charge in [-0.1, -0.05) is 97.1 Å². The summed E-state index contributed by atoms with van der Waals surface area (Å²) in [6, 6.07) is 33.9. The van der Waals surface area contributed by atoms with Crippen LogP contribution in [-0.2, 0) is 0 Å². The lowest BCUT2D eigenvalue weighted by Gasteiger charge is -2.04. The molecule has 1 heterocycles. The summed E-state index contributed by atoms with van der Waals surface area (Å²) in [5.74, 6) is -0.183. The number of aromatic amines is 2. The second-order valence-electron chi connectivity index (χ2n) is 7.92. The molecule has 0 fully saturated rings. The molecule has 2 N–H and O–H groups in total. The highest BCUT2D eigenvalue weighted by Crippen LogP contribution is 2.09. The van der Waals surface area contributed by atoms with E-state index in [9.17, 15) is 9.59 Å². The van der Waals surface area contributed by atoms with Gasteiger partial charge >= 0.3 is 0 Å². The van der Waals surface area contributed by atoms with E-state index in [1.165, 1.54) is 0 Å². The van der Waals surface area contributed by atoms with Crippen LogP contribution < -0.4 is 10.7 Å². The van der Waals surface area contributed by atoms with Gasteiger partial charge in [0.2, 0.25) is 0 Å². The standard InChI is InChI=1S/C30H22N2O2/c33-29(21-11-3-1-4-12-21)19-27-23-15-7-9-17-25(23)32-28(24-16-8-10-18-26(24)31-27)20-30(34)22-13-5-2-6-14-22/h1-20,31-32H/b27-19+,28-20+. The van der Waals surface area contributed by atoms with Crippen LogP contribution >= 0.6 is 0 Å². The fraction of sp³-hybridized carbons (Fsp3) is 0. The Labute approximate surface area is 196 Å². The zero-order valence-corrected chi connectivity index (χ0v) is 18.4. The van der Waals surface area contributed by atoms with Gasteiger partial charge in [-0.3, -0.25) is 9.59 Å². The van der Waals surface area contributed by atoms with Gasteiger partial charge in [-0.05, 0) is 12.1 Å². The molecule has 0 aliphatic heterocycles. The van der Waals surface area contributed by atoms with E-state index in [2.05, 4.69) is 9.97 Å². The van der Waals surface area contributed by atoms with Crippen molar-refractivity contribution in [2.75, 3.05) is 0 Å². The fourth-order valence-corrected chi connectivity index (χ4v) is 3.94. The zero-order valence-electron chi connectivity index (χ0n) is 18.4. The third-order valence-electron chi connectivity index (χ3n) is 5.64. The molecule has 0 amide bonds. The first kappa shape index (κ1) is 21.2. The van der Waals surface area contributed by atoms with Gasteiger partial charge in [-0.25, -0.2) is 0 Å². The maximum absolute atomic E-state index is 13.0. The molecule has 5 rings (SSSR count). The average molecular weight is 443 g/mol.